The van der Waals surface area contributed by atoms with Crippen molar-refractivity contribution >= 4 is 5.65 Å². The van der Waals surface area contributed by atoms with Crippen LogP contribution >= 0.6 is 0 Å². The molecule has 0 saturated heterocycles. The monoisotopic (exact) mass is 230 g/mol. The van der Waals surface area contributed by atoms with E-state index < -0.39 is 0 Å². The summed E-state index contributed by atoms with van der Waals surface area (Å²) in [6.07, 6.45) is 0. The average Bonchev–Trinajstić information content (AvgIpc) is 2.54. The van der Waals surface area contributed by atoms with Crippen LogP contribution in [0.5, 0.6) is 0 Å². The Morgan fingerprint density at radius 3 is 2.00 bits per heavy atom. The van der Waals surface area contributed by atoms with Gasteiger partial charge in [0.05, 0.1) is 5.69 Å². The van der Waals surface area contributed by atoms with Crippen molar-refractivity contribution in [2.24, 2.45) is 0 Å². The van der Waals surface area contributed by atoms with Crippen LogP contribution in [0.4, 0.5) is 0 Å². The number of fused-ring (bicyclic) bond motifs is 1. The van der Waals surface area contributed by atoms with Crippen molar-refractivity contribution in [1.82, 2.24) is 9.38 Å². The molecule has 2 heteroatoms. The van der Waals surface area contributed by atoms with Gasteiger partial charge in [-0.25, -0.2) is 4.98 Å². The first kappa shape index (κ1) is 12.2. The Hall–Kier alpha value is -1.31. The van der Waals surface area contributed by atoms with Gasteiger partial charge in [0, 0.05) is 11.4 Å². The third kappa shape index (κ3) is 1.58. The molecule has 2 rings (SSSR count). The lowest BCUT2D eigenvalue weighted by atomic mass is 9.97. The molecule has 0 saturated carbocycles. The zero-order valence-corrected chi connectivity index (χ0v) is 12.0. The molecule has 0 aliphatic rings. The second-order valence-electron chi connectivity index (χ2n) is 5.36. The largest absolute Gasteiger partial charge is 0.300 e. The van der Waals surface area contributed by atoms with E-state index in [1.807, 2.05) is 0 Å². The second-order valence-corrected chi connectivity index (χ2v) is 5.36. The predicted octanol–water partition coefficient (Wildman–Crippen LogP) is 4.00. The van der Waals surface area contributed by atoms with E-state index in [1.54, 1.807) is 0 Å². The van der Waals surface area contributed by atoms with Crippen molar-refractivity contribution in [2.75, 3.05) is 0 Å². The molecule has 17 heavy (non-hydrogen) atoms. The van der Waals surface area contributed by atoms with E-state index >= 15 is 0 Å². The zero-order valence-electron chi connectivity index (χ0n) is 12.0. The van der Waals surface area contributed by atoms with E-state index in [0.29, 0.717) is 5.92 Å². The number of pyridine rings is 1. The highest BCUT2D eigenvalue weighted by atomic mass is 15.0. The van der Waals surface area contributed by atoms with Crippen LogP contribution in [0, 0.1) is 34.6 Å². The van der Waals surface area contributed by atoms with Crippen LogP contribution in [-0.2, 0) is 0 Å². The summed E-state index contributed by atoms with van der Waals surface area (Å²) in [5, 5.41) is 0. The normalized spacial score (nSPS) is 11.8. The van der Waals surface area contributed by atoms with Crippen LogP contribution in [0.2, 0.25) is 0 Å². The summed E-state index contributed by atoms with van der Waals surface area (Å²) in [7, 11) is 0. The number of hydrogen-bond acceptors (Lipinski definition) is 1. The minimum absolute atomic E-state index is 0.518. The van der Waals surface area contributed by atoms with Gasteiger partial charge in [-0.3, -0.25) is 0 Å². The van der Waals surface area contributed by atoms with Crippen molar-refractivity contribution in [3.63, 3.8) is 0 Å². The van der Waals surface area contributed by atoms with E-state index in [2.05, 4.69) is 52.9 Å². The third-order valence-electron chi connectivity index (χ3n) is 3.98. The summed E-state index contributed by atoms with van der Waals surface area (Å²) >= 11 is 0. The van der Waals surface area contributed by atoms with Gasteiger partial charge in [-0.15, -0.1) is 0 Å². The fourth-order valence-electron chi connectivity index (χ4n) is 2.66. The number of hydrogen-bond donors (Lipinski definition) is 0. The van der Waals surface area contributed by atoms with Crippen LogP contribution in [0.1, 0.15) is 53.5 Å². The molecule has 0 amide bonds. The highest BCUT2D eigenvalue weighted by Gasteiger charge is 2.18. The molecule has 0 aliphatic heterocycles. The minimum Gasteiger partial charge on any atom is -0.300 e. The molecule has 0 N–H and O–H groups in total. The highest BCUT2D eigenvalue weighted by Crippen LogP contribution is 2.29. The molecule has 0 bridgehead atoms. The lowest BCUT2D eigenvalue weighted by Gasteiger charge is -2.18. The van der Waals surface area contributed by atoms with Gasteiger partial charge in [0.2, 0.25) is 0 Å². The van der Waals surface area contributed by atoms with E-state index in [0.717, 1.165) is 11.3 Å². The molecule has 2 aromatic heterocycles. The van der Waals surface area contributed by atoms with Crippen LogP contribution in [0.15, 0.2) is 0 Å². The molecule has 92 valence electrons. The summed E-state index contributed by atoms with van der Waals surface area (Å²) in [5.74, 6) is 0.518. The number of aromatic nitrogens is 2. The molecular formula is C15H22N2. The molecular weight excluding hydrogens is 208 g/mol. The molecule has 2 nitrogen and oxygen atoms in total. The van der Waals surface area contributed by atoms with E-state index in [-0.39, 0.29) is 0 Å². The molecule has 0 atom stereocenters. The molecule has 0 unspecified atom stereocenters. The zero-order chi connectivity index (χ0) is 12.9. The molecule has 0 fully saturated rings. The number of rotatable bonds is 1. The summed E-state index contributed by atoms with van der Waals surface area (Å²) in [6.45, 7) is 15.4. The van der Waals surface area contributed by atoms with E-state index in [9.17, 15) is 0 Å². The summed E-state index contributed by atoms with van der Waals surface area (Å²) in [5.41, 5.74) is 9.04. The van der Waals surface area contributed by atoms with Gasteiger partial charge >= 0.3 is 0 Å². The van der Waals surface area contributed by atoms with Crippen LogP contribution in [0.25, 0.3) is 5.65 Å². The Morgan fingerprint density at radius 1 is 0.882 bits per heavy atom. The summed E-state index contributed by atoms with van der Waals surface area (Å²) in [4.78, 5) is 4.72. The van der Waals surface area contributed by atoms with Gasteiger partial charge in [-0.1, -0.05) is 13.8 Å². The van der Waals surface area contributed by atoms with E-state index in [4.69, 9.17) is 4.98 Å². The maximum Gasteiger partial charge on any atom is 0.140 e. The van der Waals surface area contributed by atoms with Crippen LogP contribution in [-0.4, -0.2) is 9.38 Å². The Morgan fingerprint density at radius 2 is 1.47 bits per heavy atom. The van der Waals surface area contributed by atoms with Gasteiger partial charge in [0.25, 0.3) is 0 Å². The Bertz CT molecular complexity index is 589. The standard InChI is InChI=1S/C15H22N2/c1-8(2)14-10(4)9(3)11(5)15-16-12(6)13(7)17(14)15/h8H,1-7H3. The number of aryl methyl sites for hydroxylation is 3. The smallest absolute Gasteiger partial charge is 0.140 e. The van der Waals surface area contributed by atoms with Gasteiger partial charge in [0.1, 0.15) is 5.65 Å². The molecule has 0 aliphatic carbocycles. The van der Waals surface area contributed by atoms with Gasteiger partial charge < -0.3 is 4.40 Å². The number of imidazole rings is 1. The second kappa shape index (κ2) is 3.86. The highest BCUT2D eigenvalue weighted by molar-refractivity contribution is 5.58. The molecule has 2 heterocycles. The van der Waals surface area contributed by atoms with Crippen molar-refractivity contribution in [2.45, 2.75) is 54.4 Å². The van der Waals surface area contributed by atoms with Crippen molar-refractivity contribution < 1.29 is 0 Å². The lowest BCUT2D eigenvalue weighted by Crippen LogP contribution is -2.08. The summed E-state index contributed by atoms with van der Waals surface area (Å²) in [6, 6.07) is 0. The van der Waals surface area contributed by atoms with Crippen LogP contribution < -0.4 is 0 Å². The maximum absolute atomic E-state index is 4.72. The molecule has 0 radical (unpaired) electrons. The first-order chi connectivity index (χ1) is 7.86. The third-order valence-corrected chi connectivity index (χ3v) is 3.98. The van der Waals surface area contributed by atoms with Crippen molar-refractivity contribution in [3.05, 3.63) is 33.8 Å². The number of nitrogens with zero attached hydrogens (tertiary/aromatic N) is 2. The maximum atomic E-state index is 4.72. The predicted molar refractivity (Wildman–Crippen MR) is 73.0 cm³/mol. The molecule has 0 aromatic carbocycles. The fraction of sp³-hybridized carbons (Fsp3) is 0.533. The van der Waals surface area contributed by atoms with Gasteiger partial charge in [0.15, 0.2) is 0 Å². The quantitative estimate of drug-likeness (QED) is 0.723. The van der Waals surface area contributed by atoms with Crippen LogP contribution in [0.3, 0.4) is 0 Å². The van der Waals surface area contributed by atoms with Crippen molar-refractivity contribution in [3.8, 4) is 0 Å². The topological polar surface area (TPSA) is 17.3 Å². The van der Waals surface area contributed by atoms with Crippen molar-refractivity contribution in [1.29, 1.82) is 0 Å². The Kier molecular flexibility index (Phi) is 2.76. The van der Waals surface area contributed by atoms with Gasteiger partial charge in [-0.2, -0.15) is 0 Å². The lowest BCUT2D eigenvalue weighted by molar-refractivity contribution is 0.776. The first-order valence-electron chi connectivity index (χ1n) is 6.31. The SMILES string of the molecule is Cc1nc2c(C)c(C)c(C)c(C(C)C)n2c1C. The fourth-order valence-corrected chi connectivity index (χ4v) is 2.66. The Balaban J connectivity index is 3.05. The Labute approximate surface area is 104 Å². The molecule has 2 aromatic rings. The minimum atomic E-state index is 0.518. The van der Waals surface area contributed by atoms with E-state index in [1.165, 1.54) is 28.1 Å². The first-order valence-corrected chi connectivity index (χ1v) is 6.31. The molecule has 0 spiro atoms. The summed E-state index contributed by atoms with van der Waals surface area (Å²) < 4.78 is 2.34. The average molecular weight is 230 g/mol. The van der Waals surface area contributed by atoms with Gasteiger partial charge in [-0.05, 0) is 57.2 Å².